The Morgan fingerprint density at radius 1 is 1.23 bits per heavy atom. The predicted octanol–water partition coefficient (Wildman–Crippen LogP) is 5.13. The highest BCUT2D eigenvalue weighted by molar-refractivity contribution is 5.94. The van der Waals surface area contributed by atoms with Crippen LogP contribution >= 0.6 is 0 Å². The molecule has 1 aromatic carbocycles. The first kappa shape index (κ1) is 29.7. The van der Waals surface area contributed by atoms with Crippen molar-refractivity contribution in [1.82, 2.24) is 24.4 Å². The van der Waals surface area contributed by atoms with Crippen LogP contribution in [-0.4, -0.2) is 73.8 Å². The van der Waals surface area contributed by atoms with Crippen molar-refractivity contribution in [2.75, 3.05) is 26.7 Å². The molecule has 2 aliphatic heterocycles. The van der Waals surface area contributed by atoms with E-state index in [-0.39, 0.29) is 30.6 Å². The molecule has 3 atom stereocenters. The number of nitrogens with zero attached hydrogens (tertiary/aromatic N) is 6. The Hall–Kier alpha value is -4.36. The second-order valence-electron chi connectivity index (χ2n) is 12.2. The molecule has 10 heteroatoms. The molecular formula is C34H40N7O3+. The standard InChI is InChI=1S/C34H40N7O3/c1-5-23-8-7-9-25-26-13-17-44-34(6-2,31(26)38-30(23)25)18-29(43)41-16-12-27-32(36-21-37-33(27)41)39(4)19-24-20-40(15-11-22(24)3)28(42)10-14-35/h7-9,12,16,19,21-22,24,38H,5-6,10-11,13,15,17-18,20H2,1-4H3/q+1/t22-,24?,34?/m1/s1. The molecule has 4 aromatic rings. The summed E-state index contributed by atoms with van der Waals surface area (Å²) in [7, 11) is 1.94. The van der Waals surface area contributed by atoms with E-state index in [0.29, 0.717) is 43.5 Å². The van der Waals surface area contributed by atoms with E-state index in [1.54, 1.807) is 15.7 Å². The number of fused-ring (bicyclic) bond motifs is 4. The highest BCUT2D eigenvalue weighted by Gasteiger charge is 2.41. The number of para-hydroxylation sites is 1. The first-order chi connectivity index (χ1) is 21.3. The van der Waals surface area contributed by atoms with Crippen LogP contribution in [0.3, 0.4) is 0 Å². The number of hydrogen-bond acceptors (Lipinski definition) is 6. The molecule has 2 unspecified atom stereocenters. The monoisotopic (exact) mass is 594 g/mol. The fourth-order valence-electron chi connectivity index (χ4n) is 7.05. The van der Waals surface area contributed by atoms with E-state index in [9.17, 15) is 9.59 Å². The summed E-state index contributed by atoms with van der Waals surface area (Å²) < 4.78 is 10.1. The van der Waals surface area contributed by atoms with Crippen molar-refractivity contribution in [3.63, 3.8) is 0 Å². The van der Waals surface area contributed by atoms with Crippen LogP contribution in [0.15, 0.2) is 36.8 Å². The Morgan fingerprint density at radius 3 is 2.84 bits per heavy atom. The zero-order chi connectivity index (χ0) is 31.0. The van der Waals surface area contributed by atoms with Gasteiger partial charge in [-0.05, 0) is 53.8 Å². The Labute approximate surface area is 257 Å². The number of nitriles is 1. The topological polar surface area (TPSA) is 120 Å². The Morgan fingerprint density at radius 2 is 2.07 bits per heavy atom. The van der Waals surface area contributed by atoms with Crippen LogP contribution in [-0.2, 0) is 28.0 Å². The second-order valence-corrected chi connectivity index (χ2v) is 12.2. The molecule has 44 heavy (non-hydrogen) atoms. The van der Waals surface area contributed by atoms with Gasteiger partial charge in [0.1, 0.15) is 17.4 Å². The summed E-state index contributed by atoms with van der Waals surface area (Å²) in [5.74, 6) is 0.955. The number of aromatic nitrogens is 4. The van der Waals surface area contributed by atoms with E-state index in [1.807, 2.05) is 23.8 Å². The van der Waals surface area contributed by atoms with Crippen LogP contribution in [0.5, 0.6) is 0 Å². The number of aryl methyl sites for hydroxylation is 1. The fraction of sp³-hybridized carbons (Fsp3) is 0.471. The molecule has 5 heterocycles. The van der Waals surface area contributed by atoms with Crippen LogP contribution in [0.4, 0.5) is 5.82 Å². The number of H-pyrrole nitrogens is 1. The van der Waals surface area contributed by atoms with E-state index in [0.717, 1.165) is 35.9 Å². The highest BCUT2D eigenvalue weighted by Crippen LogP contribution is 2.42. The van der Waals surface area contributed by atoms with Gasteiger partial charge in [0, 0.05) is 36.1 Å². The largest absolute Gasteiger partial charge is 0.368 e. The number of benzene rings is 1. The molecule has 0 bridgehead atoms. The molecule has 10 nitrogen and oxygen atoms in total. The molecule has 0 saturated carbocycles. The van der Waals surface area contributed by atoms with Crippen LogP contribution in [0.25, 0.3) is 21.9 Å². The average Bonchev–Trinajstić information content (AvgIpc) is 3.65. The highest BCUT2D eigenvalue weighted by atomic mass is 16.5. The molecule has 1 saturated heterocycles. The average molecular weight is 595 g/mol. The third-order valence-corrected chi connectivity index (χ3v) is 9.68. The predicted molar refractivity (Wildman–Crippen MR) is 168 cm³/mol. The van der Waals surface area contributed by atoms with E-state index < -0.39 is 5.60 Å². The molecule has 0 radical (unpaired) electrons. The van der Waals surface area contributed by atoms with Gasteiger partial charge in [-0.1, -0.05) is 39.0 Å². The van der Waals surface area contributed by atoms with Crippen molar-refractivity contribution < 1.29 is 18.9 Å². The van der Waals surface area contributed by atoms with E-state index in [1.165, 1.54) is 22.8 Å². The summed E-state index contributed by atoms with van der Waals surface area (Å²) in [6.45, 7) is 8.22. The third kappa shape index (κ3) is 5.09. The molecule has 0 spiro atoms. The number of nitrogens with one attached hydrogen (secondary N) is 1. The summed E-state index contributed by atoms with van der Waals surface area (Å²) in [4.78, 5) is 41.0. The number of aromatic amines is 1. The van der Waals surface area contributed by atoms with Crippen molar-refractivity contribution in [1.29, 1.82) is 5.26 Å². The second kappa shape index (κ2) is 12.0. The van der Waals surface area contributed by atoms with Crippen molar-refractivity contribution in [3.8, 4) is 6.07 Å². The van der Waals surface area contributed by atoms with Crippen molar-refractivity contribution >= 4 is 45.8 Å². The molecule has 3 aromatic heterocycles. The summed E-state index contributed by atoms with van der Waals surface area (Å²) in [5.41, 5.74) is 4.47. The lowest BCUT2D eigenvalue weighted by atomic mass is 9.86. The molecular weight excluding hydrogens is 554 g/mol. The number of amides is 1. The maximum absolute atomic E-state index is 14.0. The maximum Gasteiger partial charge on any atom is 0.335 e. The third-order valence-electron chi connectivity index (χ3n) is 9.68. The minimum absolute atomic E-state index is 0.0899. The quantitative estimate of drug-likeness (QED) is 0.234. The van der Waals surface area contributed by atoms with Gasteiger partial charge in [0.15, 0.2) is 5.65 Å². The van der Waals surface area contributed by atoms with Gasteiger partial charge in [0.2, 0.25) is 18.1 Å². The lowest BCUT2D eigenvalue weighted by molar-refractivity contribution is -0.405. The van der Waals surface area contributed by atoms with Gasteiger partial charge < -0.3 is 14.6 Å². The lowest BCUT2D eigenvalue weighted by Gasteiger charge is -2.36. The number of carbonyl (C=O) groups is 2. The molecule has 6 rings (SSSR count). The fourth-order valence-corrected chi connectivity index (χ4v) is 7.05. The Balaban J connectivity index is 1.30. The zero-order valence-corrected chi connectivity index (χ0v) is 26.0. The van der Waals surface area contributed by atoms with Gasteiger partial charge in [0.25, 0.3) is 0 Å². The van der Waals surface area contributed by atoms with Gasteiger partial charge in [-0.25, -0.2) is 4.58 Å². The first-order valence-corrected chi connectivity index (χ1v) is 15.6. The number of ether oxygens (including phenoxy) is 1. The van der Waals surface area contributed by atoms with Gasteiger partial charge in [-0.2, -0.15) is 10.2 Å². The van der Waals surface area contributed by atoms with Crippen LogP contribution < -0.4 is 0 Å². The Kier molecular flexibility index (Phi) is 8.08. The van der Waals surface area contributed by atoms with Gasteiger partial charge in [0.05, 0.1) is 38.1 Å². The number of piperidine rings is 1. The molecule has 1 amide bonds. The number of hydrogen-bond donors (Lipinski definition) is 1. The van der Waals surface area contributed by atoms with Crippen molar-refractivity contribution in [2.45, 2.75) is 64.9 Å². The number of rotatable bonds is 7. The van der Waals surface area contributed by atoms with Crippen LogP contribution in [0, 0.1) is 23.2 Å². The summed E-state index contributed by atoms with van der Waals surface area (Å²) in [5, 5.41) is 11.0. The van der Waals surface area contributed by atoms with Gasteiger partial charge in [-0.3, -0.25) is 14.2 Å². The van der Waals surface area contributed by atoms with E-state index in [2.05, 4.69) is 60.1 Å². The molecule has 2 aliphatic rings. The van der Waals surface area contributed by atoms with Crippen molar-refractivity contribution in [3.05, 3.63) is 53.6 Å². The maximum atomic E-state index is 14.0. The van der Waals surface area contributed by atoms with E-state index in [4.69, 9.17) is 10.00 Å². The van der Waals surface area contributed by atoms with Crippen LogP contribution in [0.1, 0.15) is 68.1 Å². The number of carbonyl (C=O) groups excluding carboxylic acids is 2. The minimum Gasteiger partial charge on any atom is -0.368 e. The summed E-state index contributed by atoms with van der Waals surface area (Å²) in [6, 6.07) is 10.3. The molecule has 228 valence electrons. The zero-order valence-electron chi connectivity index (χ0n) is 26.0. The molecule has 0 aliphatic carbocycles. The number of likely N-dealkylation sites (tertiary alicyclic amines) is 1. The summed E-state index contributed by atoms with van der Waals surface area (Å²) >= 11 is 0. The first-order valence-electron chi connectivity index (χ1n) is 15.6. The van der Waals surface area contributed by atoms with Crippen molar-refractivity contribution in [2.24, 2.45) is 11.8 Å². The van der Waals surface area contributed by atoms with E-state index >= 15 is 0 Å². The Bertz CT molecular complexity index is 1810. The minimum atomic E-state index is -0.752. The summed E-state index contributed by atoms with van der Waals surface area (Å²) in [6.07, 6.45) is 8.72. The SMILES string of the molecule is CCc1cccc2c3c([nH]c12)C(CC)(CC(=O)n1ccc2c([N+](C)=CC4CN(C(=O)CC#N)CC[C@H]4C)ncnc21)OCC3. The van der Waals surface area contributed by atoms with Crippen LogP contribution in [0.2, 0.25) is 0 Å². The lowest BCUT2D eigenvalue weighted by Crippen LogP contribution is -2.44. The normalized spacial score (nSPS) is 22.2. The molecule has 1 fully saturated rings. The smallest absolute Gasteiger partial charge is 0.335 e. The van der Waals surface area contributed by atoms with Gasteiger partial charge in [-0.15, -0.1) is 0 Å². The molecule has 1 N–H and O–H groups in total. The van der Waals surface area contributed by atoms with Gasteiger partial charge >= 0.3 is 5.82 Å².